The molecule has 0 aliphatic carbocycles. The zero-order valence-corrected chi connectivity index (χ0v) is 9.31. The summed E-state index contributed by atoms with van der Waals surface area (Å²) >= 11 is 3.22. The Morgan fingerprint density at radius 1 is 1.54 bits per heavy atom. The first-order valence-electron chi connectivity index (χ1n) is 3.68. The van der Waals surface area contributed by atoms with Crippen LogP contribution in [0.25, 0.3) is 0 Å². The standard InChI is InChI=1S/C8H10BrFN2.ClH/c9-8-3-1-2-7(12-8)6(11)4-5-10;/h1-3,6H,4-5,11H2;1H/t6-;/m1./s1. The number of rotatable bonds is 3. The fraction of sp³-hybridized carbons (Fsp3) is 0.375. The molecule has 0 radical (unpaired) electrons. The average Bonchev–Trinajstić information content (AvgIpc) is 2.05. The number of hydrogen-bond acceptors (Lipinski definition) is 2. The van der Waals surface area contributed by atoms with E-state index in [0.29, 0.717) is 6.42 Å². The van der Waals surface area contributed by atoms with Crippen LogP contribution < -0.4 is 5.73 Å². The molecule has 74 valence electrons. The van der Waals surface area contributed by atoms with Crippen molar-refractivity contribution >= 4 is 28.3 Å². The third-order valence-corrected chi connectivity index (χ3v) is 1.98. The molecule has 0 saturated heterocycles. The van der Waals surface area contributed by atoms with Crippen LogP contribution in [0.4, 0.5) is 4.39 Å². The van der Waals surface area contributed by atoms with E-state index in [4.69, 9.17) is 5.73 Å². The molecule has 0 aliphatic heterocycles. The van der Waals surface area contributed by atoms with Gasteiger partial charge in [0.2, 0.25) is 0 Å². The minimum atomic E-state index is -0.407. The molecule has 1 heterocycles. The highest BCUT2D eigenvalue weighted by molar-refractivity contribution is 9.10. The Morgan fingerprint density at radius 3 is 2.77 bits per heavy atom. The van der Waals surface area contributed by atoms with E-state index in [-0.39, 0.29) is 18.4 Å². The highest BCUT2D eigenvalue weighted by Gasteiger charge is 2.06. The largest absolute Gasteiger partial charge is 0.323 e. The van der Waals surface area contributed by atoms with Gasteiger partial charge in [-0.15, -0.1) is 12.4 Å². The third-order valence-electron chi connectivity index (χ3n) is 1.54. The molecule has 0 amide bonds. The van der Waals surface area contributed by atoms with Gasteiger partial charge < -0.3 is 5.73 Å². The van der Waals surface area contributed by atoms with Crippen LogP contribution >= 0.6 is 28.3 Å². The maximum absolute atomic E-state index is 11.9. The lowest BCUT2D eigenvalue weighted by Crippen LogP contribution is -2.12. The third kappa shape index (κ3) is 4.02. The van der Waals surface area contributed by atoms with Gasteiger partial charge in [0.05, 0.1) is 12.4 Å². The number of aromatic nitrogens is 1. The fourth-order valence-corrected chi connectivity index (χ4v) is 1.25. The van der Waals surface area contributed by atoms with Crippen molar-refractivity contribution < 1.29 is 4.39 Å². The highest BCUT2D eigenvalue weighted by Crippen LogP contribution is 2.14. The van der Waals surface area contributed by atoms with E-state index >= 15 is 0 Å². The minimum absolute atomic E-state index is 0. The van der Waals surface area contributed by atoms with Crippen molar-refractivity contribution in [1.29, 1.82) is 0 Å². The van der Waals surface area contributed by atoms with Gasteiger partial charge in [-0.25, -0.2) is 4.98 Å². The van der Waals surface area contributed by atoms with Crippen LogP contribution in [0.1, 0.15) is 18.2 Å². The van der Waals surface area contributed by atoms with Crippen molar-refractivity contribution in [3.8, 4) is 0 Å². The van der Waals surface area contributed by atoms with Gasteiger partial charge in [0.1, 0.15) is 4.60 Å². The van der Waals surface area contributed by atoms with Crippen molar-refractivity contribution in [2.24, 2.45) is 5.73 Å². The Hall–Kier alpha value is -0.190. The lowest BCUT2D eigenvalue weighted by Gasteiger charge is -2.07. The van der Waals surface area contributed by atoms with Crippen LogP contribution in [0, 0.1) is 0 Å². The van der Waals surface area contributed by atoms with Crippen LogP contribution in [0.2, 0.25) is 0 Å². The molecule has 0 aromatic carbocycles. The summed E-state index contributed by atoms with van der Waals surface area (Å²) in [5.41, 5.74) is 6.38. The minimum Gasteiger partial charge on any atom is -0.323 e. The van der Waals surface area contributed by atoms with E-state index in [1.54, 1.807) is 6.07 Å². The lowest BCUT2D eigenvalue weighted by atomic mass is 10.1. The molecule has 1 atom stereocenters. The van der Waals surface area contributed by atoms with Gasteiger partial charge in [-0.1, -0.05) is 6.07 Å². The summed E-state index contributed by atoms with van der Waals surface area (Å²) in [6.45, 7) is -0.407. The maximum atomic E-state index is 11.9. The Morgan fingerprint density at radius 2 is 2.23 bits per heavy atom. The first-order valence-corrected chi connectivity index (χ1v) is 4.47. The number of nitrogens with two attached hydrogens (primary N) is 1. The van der Waals surface area contributed by atoms with Crippen molar-refractivity contribution in [2.75, 3.05) is 6.67 Å². The Bertz CT molecular complexity index is 260. The molecule has 0 bridgehead atoms. The van der Waals surface area contributed by atoms with E-state index in [2.05, 4.69) is 20.9 Å². The van der Waals surface area contributed by atoms with Crippen LogP contribution in [0.5, 0.6) is 0 Å². The molecule has 0 spiro atoms. The first-order chi connectivity index (χ1) is 5.74. The summed E-state index contributed by atoms with van der Waals surface area (Å²) in [4.78, 5) is 4.12. The Balaban J connectivity index is 0.00000144. The lowest BCUT2D eigenvalue weighted by molar-refractivity contribution is 0.438. The van der Waals surface area contributed by atoms with Gasteiger partial charge in [0, 0.05) is 6.04 Å². The molecule has 2 N–H and O–H groups in total. The smallest absolute Gasteiger partial charge is 0.106 e. The summed E-state index contributed by atoms with van der Waals surface area (Å²) in [5, 5.41) is 0. The van der Waals surface area contributed by atoms with Crippen molar-refractivity contribution in [1.82, 2.24) is 4.98 Å². The summed E-state index contributed by atoms with van der Waals surface area (Å²) in [5.74, 6) is 0. The van der Waals surface area contributed by atoms with Crippen LogP contribution in [0.15, 0.2) is 22.8 Å². The van der Waals surface area contributed by atoms with Gasteiger partial charge in [0.15, 0.2) is 0 Å². The number of hydrogen-bond donors (Lipinski definition) is 1. The number of nitrogens with zero attached hydrogens (tertiary/aromatic N) is 1. The molecular formula is C8H11BrClFN2. The molecule has 0 saturated carbocycles. The quantitative estimate of drug-likeness (QED) is 0.857. The second-order valence-electron chi connectivity index (χ2n) is 2.47. The van der Waals surface area contributed by atoms with Crippen molar-refractivity contribution in [2.45, 2.75) is 12.5 Å². The van der Waals surface area contributed by atoms with E-state index in [9.17, 15) is 4.39 Å². The van der Waals surface area contributed by atoms with Gasteiger partial charge in [0.25, 0.3) is 0 Å². The molecular weight excluding hydrogens is 258 g/mol. The van der Waals surface area contributed by atoms with Gasteiger partial charge in [-0.3, -0.25) is 4.39 Å². The molecule has 1 aromatic heterocycles. The Labute approximate surface area is 91.3 Å². The normalized spacial score (nSPS) is 11.9. The van der Waals surface area contributed by atoms with Gasteiger partial charge >= 0.3 is 0 Å². The molecule has 13 heavy (non-hydrogen) atoms. The molecule has 0 unspecified atom stereocenters. The first kappa shape index (κ1) is 12.8. The molecule has 5 heteroatoms. The van der Waals surface area contributed by atoms with E-state index in [0.717, 1.165) is 10.3 Å². The van der Waals surface area contributed by atoms with E-state index < -0.39 is 6.67 Å². The predicted octanol–water partition coefficient (Wildman–Crippen LogP) is 2.63. The van der Waals surface area contributed by atoms with Gasteiger partial charge in [-0.05, 0) is 34.5 Å². The second-order valence-corrected chi connectivity index (χ2v) is 3.28. The summed E-state index contributed by atoms with van der Waals surface area (Å²) in [7, 11) is 0. The Kier molecular flexibility index (Phi) is 6.20. The molecule has 1 rings (SSSR count). The highest BCUT2D eigenvalue weighted by atomic mass is 79.9. The predicted molar refractivity (Wildman–Crippen MR) is 56.7 cm³/mol. The number of alkyl halides is 1. The van der Waals surface area contributed by atoms with Crippen LogP contribution in [-0.2, 0) is 0 Å². The number of halogens is 3. The second kappa shape index (κ2) is 6.29. The summed E-state index contributed by atoms with van der Waals surface area (Å²) < 4.78 is 12.6. The van der Waals surface area contributed by atoms with E-state index in [1.165, 1.54) is 0 Å². The van der Waals surface area contributed by atoms with Crippen LogP contribution in [0.3, 0.4) is 0 Å². The number of pyridine rings is 1. The summed E-state index contributed by atoms with van der Waals surface area (Å²) in [6.07, 6.45) is 0.323. The summed E-state index contributed by atoms with van der Waals surface area (Å²) in [6, 6.07) is 5.15. The maximum Gasteiger partial charge on any atom is 0.106 e. The van der Waals surface area contributed by atoms with E-state index in [1.807, 2.05) is 12.1 Å². The molecule has 0 aliphatic rings. The average molecular weight is 270 g/mol. The fourth-order valence-electron chi connectivity index (χ4n) is 0.896. The van der Waals surface area contributed by atoms with Crippen molar-refractivity contribution in [3.05, 3.63) is 28.5 Å². The topological polar surface area (TPSA) is 38.9 Å². The van der Waals surface area contributed by atoms with Crippen molar-refractivity contribution in [3.63, 3.8) is 0 Å². The molecule has 1 aromatic rings. The zero-order chi connectivity index (χ0) is 8.97. The van der Waals surface area contributed by atoms with Crippen LogP contribution in [-0.4, -0.2) is 11.7 Å². The zero-order valence-electron chi connectivity index (χ0n) is 6.91. The monoisotopic (exact) mass is 268 g/mol. The SMILES string of the molecule is Cl.N[C@H](CCF)c1cccc(Br)n1. The van der Waals surface area contributed by atoms with Gasteiger partial charge in [-0.2, -0.15) is 0 Å². The molecule has 0 fully saturated rings. The molecule has 2 nitrogen and oxygen atoms in total.